The first kappa shape index (κ1) is 59.8. The highest BCUT2D eigenvalue weighted by Gasteiger charge is 2.28. The van der Waals surface area contributed by atoms with Crippen LogP contribution in [0.5, 0.6) is 0 Å². The van der Waals surface area contributed by atoms with Crippen LogP contribution in [0.25, 0.3) is 0 Å². The molecule has 0 bridgehead atoms. The average molecular weight is 862 g/mol. The van der Waals surface area contributed by atoms with Crippen LogP contribution in [0.2, 0.25) is 0 Å². The Labute approximate surface area is 380 Å². The van der Waals surface area contributed by atoms with Gasteiger partial charge in [0.05, 0.1) is 18.8 Å². The molecule has 0 radical (unpaired) electrons. The smallest absolute Gasteiger partial charge is 0.249 e. The van der Waals surface area contributed by atoms with Gasteiger partial charge >= 0.3 is 0 Å². The Balaban J connectivity index is 3.67. The highest BCUT2D eigenvalue weighted by Crippen LogP contribution is 2.17. The molecule has 6 nitrogen and oxygen atoms in total. The molecule has 362 valence electrons. The van der Waals surface area contributed by atoms with E-state index in [0.29, 0.717) is 12.8 Å². The fraction of sp³-hybridized carbons (Fsp3) is 0.909. The van der Waals surface area contributed by atoms with Crippen molar-refractivity contribution in [3.05, 3.63) is 24.3 Å². The Morgan fingerprint density at radius 2 is 0.672 bits per heavy atom. The van der Waals surface area contributed by atoms with Gasteiger partial charge in [0.1, 0.15) is 12.2 Å². The van der Waals surface area contributed by atoms with Crippen molar-refractivity contribution in [3.8, 4) is 0 Å². The number of amides is 1. The van der Waals surface area contributed by atoms with Gasteiger partial charge in [0.15, 0.2) is 0 Å². The molecule has 0 saturated carbocycles. The fourth-order valence-corrected chi connectivity index (χ4v) is 8.58. The topological polar surface area (TPSA) is 110 Å². The standard InChI is InChI=1S/C55H107NO5/c1-3-5-7-9-11-13-15-17-19-21-23-25-26-27-28-29-31-33-35-37-39-41-43-45-47-49-53(59)55(61)56-51(50-57)54(60)52(58)48-46-44-42-40-38-36-34-32-30-24-22-20-18-16-14-12-10-8-6-4-2/h27-28,40,42,51-54,57-60H,3-26,29-39,41,43-50H2,1-2H3,(H,56,61)/b28-27-,42-40+. The Morgan fingerprint density at radius 3 is 0.984 bits per heavy atom. The summed E-state index contributed by atoms with van der Waals surface area (Å²) in [7, 11) is 0. The summed E-state index contributed by atoms with van der Waals surface area (Å²) in [5.74, 6) is -0.591. The van der Waals surface area contributed by atoms with Crippen molar-refractivity contribution in [3.63, 3.8) is 0 Å². The predicted octanol–water partition coefficient (Wildman–Crippen LogP) is 15.5. The molecule has 0 rings (SSSR count). The van der Waals surface area contributed by atoms with Crippen molar-refractivity contribution >= 4 is 5.91 Å². The molecule has 0 spiro atoms. The maximum atomic E-state index is 12.6. The van der Waals surface area contributed by atoms with E-state index in [-0.39, 0.29) is 0 Å². The van der Waals surface area contributed by atoms with Crippen LogP contribution in [0.1, 0.15) is 290 Å². The molecule has 0 aliphatic carbocycles. The molecule has 0 aromatic rings. The first-order chi connectivity index (χ1) is 30.0. The Hall–Kier alpha value is -1.21. The van der Waals surface area contributed by atoms with Gasteiger partial charge in [-0.1, -0.05) is 250 Å². The summed E-state index contributed by atoms with van der Waals surface area (Å²) >= 11 is 0. The van der Waals surface area contributed by atoms with E-state index in [4.69, 9.17) is 0 Å². The molecule has 0 aliphatic heterocycles. The third kappa shape index (κ3) is 43.8. The number of aliphatic hydroxyl groups is 4. The SMILES string of the molecule is CCCCCCCCCCCCCC/C=C\CCCCCCCCCCCC(O)C(=O)NC(CO)C(O)C(O)CCC/C=C/CCCCCCCCCCCCCCCCC. The zero-order chi connectivity index (χ0) is 44.5. The molecule has 1 amide bonds. The van der Waals surface area contributed by atoms with E-state index >= 15 is 0 Å². The third-order valence-corrected chi connectivity index (χ3v) is 12.9. The summed E-state index contributed by atoms with van der Waals surface area (Å²) < 4.78 is 0. The van der Waals surface area contributed by atoms with Crippen molar-refractivity contribution in [1.82, 2.24) is 5.32 Å². The number of rotatable bonds is 50. The van der Waals surface area contributed by atoms with Crippen molar-refractivity contribution in [2.45, 2.75) is 314 Å². The van der Waals surface area contributed by atoms with Crippen LogP contribution in [0.3, 0.4) is 0 Å². The maximum Gasteiger partial charge on any atom is 0.249 e. The summed E-state index contributed by atoms with van der Waals surface area (Å²) in [6, 6.07) is -1.00. The van der Waals surface area contributed by atoms with E-state index in [2.05, 4.69) is 43.5 Å². The lowest BCUT2D eigenvalue weighted by molar-refractivity contribution is -0.132. The van der Waals surface area contributed by atoms with Crippen LogP contribution in [0.4, 0.5) is 0 Å². The minimum absolute atomic E-state index is 0.362. The van der Waals surface area contributed by atoms with E-state index in [1.165, 1.54) is 225 Å². The Bertz CT molecular complexity index is 924. The monoisotopic (exact) mass is 862 g/mol. The maximum absolute atomic E-state index is 12.6. The van der Waals surface area contributed by atoms with E-state index in [0.717, 1.165) is 38.5 Å². The predicted molar refractivity (Wildman–Crippen MR) is 265 cm³/mol. The number of carbonyl (C=O) groups excluding carboxylic acids is 1. The van der Waals surface area contributed by atoms with Gasteiger partial charge < -0.3 is 25.7 Å². The molecule has 4 atom stereocenters. The summed E-state index contributed by atoms with van der Waals surface area (Å²) in [6.45, 7) is 4.07. The molecule has 0 aromatic heterocycles. The molecule has 0 aromatic carbocycles. The third-order valence-electron chi connectivity index (χ3n) is 12.9. The number of unbranched alkanes of at least 4 members (excludes halogenated alkanes) is 37. The van der Waals surface area contributed by atoms with Crippen LogP contribution in [0.15, 0.2) is 24.3 Å². The minimum Gasteiger partial charge on any atom is -0.394 e. The molecule has 5 N–H and O–H groups in total. The summed E-state index contributed by atoms with van der Waals surface area (Å²) in [6.07, 6.45) is 59.5. The number of hydrogen-bond donors (Lipinski definition) is 5. The van der Waals surface area contributed by atoms with Gasteiger partial charge in [-0.3, -0.25) is 4.79 Å². The van der Waals surface area contributed by atoms with E-state index in [9.17, 15) is 25.2 Å². The van der Waals surface area contributed by atoms with E-state index in [1.54, 1.807) is 0 Å². The molecule has 6 heteroatoms. The molecule has 61 heavy (non-hydrogen) atoms. The number of aliphatic hydroxyl groups excluding tert-OH is 4. The number of hydrogen-bond acceptors (Lipinski definition) is 5. The van der Waals surface area contributed by atoms with E-state index in [1.807, 2.05) is 0 Å². The van der Waals surface area contributed by atoms with E-state index < -0.39 is 36.9 Å². The molecule has 0 fully saturated rings. The molecule has 4 unspecified atom stereocenters. The average Bonchev–Trinajstić information content (AvgIpc) is 3.26. The lowest BCUT2D eigenvalue weighted by Gasteiger charge is -2.27. The van der Waals surface area contributed by atoms with Gasteiger partial charge in [-0.25, -0.2) is 0 Å². The van der Waals surface area contributed by atoms with Crippen LogP contribution in [-0.2, 0) is 4.79 Å². The van der Waals surface area contributed by atoms with Crippen molar-refractivity contribution < 1.29 is 25.2 Å². The van der Waals surface area contributed by atoms with Crippen LogP contribution >= 0.6 is 0 Å². The first-order valence-electron chi connectivity index (χ1n) is 27.2. The minimum atomic E-state index is -1.28. The molecule has 0 heterocycles. The Morgan fingerprint density at radius 1 is 0.393 bits per heavy atom. The summed E-state index contributed by atoms with van der Waals surface area (Å²) in [5, 5.41) is 43.9. The van der Waals surface area contributed by atoms with Crippen LogP contribution in [-0.4, -0.2) is 57.3 Å². The Kier molecular flexibility index (Phi) is 48.8. The van der Waals surface area contributed by atoms with Gasteiger partial charge in [0.2, 0.25) is 5.91 Å². The van der Waals surface area contributed by atoms with Gasteiger partial charge in [0, 0.05) is 0 Å². The van der Waals surface area contributed by atoms with Gasteiger partial charge in [-0.05, 0) is 64.2 Å². The normalized spacial score (nSPS) is 14.0. The molecule has 0 saturated heterocycles. The second-order valence-corrected chi connectivity index (χ2v) is 18.9. The zero-order valence-corrected chi connectivity index (χ0v) is 40.9. The lowest BCUT2D eigenvalue weighted by Crippen LogP contribution is -2.53. The largest absolute Gasteiger partial charge is 0.394 e. The first-order valence-corrected chi connectivity index (χ1v) is 27.2. The quantitative estimate of drug-likeness (QED) is 0.0309. The van der Waals surface area contributed by atoms with Crippen LogP contribution in [0, 0.1) is 0 Å². The van der Waals surface area contributed by atoms with Gasteiger partial charge in [0.25, 0.3) is 0 Å². The summed E-state index contributed by atoms with van der Waals surface area (Å²) in [5.41, 5.74) is 0. The summed E-state index contributed by atoms with van der Waals surface area (Å²) in [4.78, 5) is 12.6. The van der Waals surface area contributed by atoms with Crippen molar-refractivity contribution in [2.24, 2.45) is 0 Å². The van der Waals surface area contributed by atoms with Gasteiger partial charge in [-0.2, -0.15) is 0 Å². The van der Waals surface area contributed by atoms with Gasteiger partial charge in [-0.15, -0.1) is 0 Å². The van der Waals surface area contributed by atoms with Crippen molar-refractivity contribution in [2.75, 3.05) is 6.61 Å². The fourth-order valence-electron chi connectivity index (χ4n) is 8.58. The zero-order valence-electron chi connectivity index (χ0n) is 40.9. The second-order valence-electron chi connectivity index (χ2n) is 18.9. The van der Waals surface area contributed by atoms with Crippen LogP contribution < -0.4 is 5.32 Å². The number of carbonyl (C=O) groups is 1. The molecular formula is C55H107NO5. The number of allylic oxidation sites excluding steroid dienone is 4. The lowest BCUT2D eigenvalue weighted by atomic mass is 10.00. The van der Waals surface area contributed by atoms with Crippen molar-refractivity contribution in [1.29, 1.82) is 0 Å². The second kappa shape index (κ2) is 49.8. The molecule has 0 aliphatic rings. The number of nitrogens with one attached hydrogen (secondary N) is 1. The highest BCUT2D eigenvalue weighted by molar-refractivity contribution is 5.80. The highest BCUT2D eigenvalue weighted by atomic mass is 16.3. The molecular weight excluding hydrogens is 755 g/mol.